The molecule has 0 aliphatic carbocycles. The van der Waals surface area contributed by atoms with Crippen molar-refractivity contribution in [3.63, 3.8) is 0 Å². The highest BCUT2D eigenvalue weighted by Gasteiger charge is 2.48. The van der Waals surface area contributed by atoms with Gasteiger partial charge in [-0.05, 0) is 55.8 Å². The van der Waals surface area contributed by atoms with Crippen LogP contribution in [-0.2, 0) is 9.59 Å². The summed E-state index contributed by atoms with van der Waals surface area (Å²) >= 11 is 7.30. The van der Waals surface area contributed by atoms with Gasteiger partial charge in [0.05, 0.1) is 17.3 Å². The maximum absolute atomic E-state index is 13.3. The lowest BCUT2D eigenvalue weighted by atomic mass is 9.95. The number of aliphatic hydroxyl groups excluding tert-OH is 1. The number of hydrogen-bond acceptors (Lipinski definition) is 5. The molecule has 1 aliphatic heterocycles. The van der Waals surface area contributed by atoms with Crippen LogP contribution in [0.4, 0.5) is 9.52 Å². The van der Waals surface area contributed by atoms with E-state index in [1.807, 2.05) is 13.8 Å². The van der Waals surface area contributed by atoms with Crippen LogP contribution in [0.15, 0.2) is 54.1 Å². The summed E-state index contributed by atoms with van der Waals surface area (Å²) in [6.07, 6.45) is 0. The Kier molecular flexibility index (Phi) is 5.17. The summed E-state index contributed by atoms with van der Waals surface area (Å²) < 4.78 is 13.3. The third-order valence-corrected chi connectivity index (χ3v) is 6.30. The molecule has 0 bridgehead atoms. The first-order valence-electron chi connectivity index (χ1n) is 9.04. The van der Waals surface area contributed by atoms with E-state index in [0.717, 1.165) is 10.6 Å². The summed E-state index contributed by atoms with van der Waals surface area (Å²) in [5.74, 6) is -2.47. The lowest BCUT2D eigenvalue weighted by molar-refractivity contribution is -0.132. The molecule has 1 aromatic heterocycles. The summed E-state index contributed by atoms with van der Waals surface area (Å²) in [5, 5.41) is 11.8. The first kappa shape index (κ1) is 20.3. The highest BCUT2D eigenvalue weighted by molar-refractivity contribution is 7.16. The number of rotatable bonds is 3. The van der Waals surface area contributed by atoms with Gasteiger partial charge in [0.2, 0.25) is 0 Å². The highest BCUT2D eigenvalue weighted by Crippen LogP contribution is 2.43. The number of aromatic nitrogens is 1. The van der Waals surface area contributed by atoms with E-state index in [1.54, 1.807) is 24.3 Å². The summed E-state index contributed by atoms with van der Waals surface area (Å²) in [6.45, 7) is 3.70. The molecule has 1 amide bonds. The fraction of sp³-hybridized carbons (Fsp3) is 0.136. The molecule has 1 fully saturated rings. The molecule has 1 saturated heterocycles. The number of amides is 1. The molecule has 8 heteroatoms. The van der Waals surface area contributed by atoms with Crippen LogP contribution in [0.1, 0.15) is 27.7 Å². The molecule has 2 aromatic carbocycles. The third kappa shape index (κ3) is 3.40. The second-order valence-electron chi connectivity index (χ2n) is 6.87. The Balaban J connectivity index is 1.94. The molecular formula is C22H16ClFN2O3S. The smallest absolute Gasteiger partial charge is 0.301 e. The maximum atomic E-state index is 13.3. The zero-order valence-electron chi connectivity index (χ0n) is 16.0. The largest absolute Gasteiger partial charge is 0.507 e. The van der Waals surface area contributed by atoms with Crippen LogP contribution in [0.5, 0.6) is 0 Å². The molecule has 1 unspecified atom stereocenters. The number of aliphatic hydroxyl groups is 1. The lowest BCUT2D eigenvalue weighted by Crippen LogP contribution is -2.29. The van der Waals surface area contributed by atoms with Crippen LogP contribution in [0, 0.1) is 19.7 Å². The van der Waals surface area contributed by atoms with Crippen LogP contribution in [0.3, 0.4) is 0 Å². The number of anilines is 1. The Labute approximate surface area is 181 Å². The molecule has 152 valence electrons. The summed E-state index contributed by atoms with van der Waals surface area (Å²) in [5.41, 5.74) is 1.50. The molecule has 1 aliphatic rings. The molecule has 4 rings (SSSR count). The van der Waals surface area contributed by atoms with E-state index >= 15 is 0 Å². The number of benzene rings is 2. The number of Topliss-reactive ketones (excluding diaryl/α,β-unsaturated/α-hetero) is 1. The molecule has 0 saturated carbocycles. The van der Waals surface area contributed by atoms with E-state index in [4.69, 9.17) is 11.6 Å². The average molecular weight is 443 g/mol. The number of aryl methyl sites for hydroxylation is 2. The van der Waals surface area contributed by atoms with Crippen molar-refractivity contribution in [3.8, 4) is 0 Å². The molecule has 5 nitrogen and oxygen atoms in total. The molecule has 2 heterocycles. The molecule has 1 N–H and O–H groups in total. The number of nitrogens with zero attached hydrogens (tertiary/aromatic N) is 2. The average Bonchev–Trinajstić information content (AvgIpc) is 3.18. The van der Waals surface area contributed by atoms with Gasteiger partial charge in [-0.15, -0.1) is 11.3 Å². The minimum atomic E-state index is -0.891. The van der Waals surface area contributed by atoms with Crippen molar-refractivity contribution in [2.75, 3.05) is 4.90 Å². The van der Waals surface area contributed by atoms with Gasteiger partial charge in [-0.25, -0.2) is 9.37 Å². The van der Waals surface area contributed by atoms with E-state index in [2.05, 4.69) is 4.98 Å². The van der Waals surface area contributed by atoms with Crippen molar-refractivity contribution in [2.45, 2.75) is 19.9 Å². The van der Waals surface area contributed by atoms with Crippen molar-refractivity contribution in [1.29, 1.82) is 0 Å². The van der Waals surface area contributed by atoms with E-state index in [9.17, 15) is 19.1 Å². The zero-order valence-corrected chi connectivity index (χ0v) is 17.6. The summed E-state index contributed by atoms with van der Waals surface area (Å²) in [6, 6.07) is 10.8. The minimum absolute atomic E-state index is 0.0839. The fourth-order valence-electron chi connectivity index (χ4n) is 3.31. The summed E-state index contributed by atoms with van der Waals surface area (Å²) in [4.78, 5) is 32.6. The van der Waals surface area contributed by atoms with Crippen LogP contribution < -0.4 is 4.90 Å². The van der Waals surface area contributed by atoms with Crippen molar-refractivity contribution >= 4 is 45.5 Å². The van der Waals surface area contributed by atoms with Gasteiger partial charge in [-0.3, -0.25) is 14.5 Å². The molecule has 30 heavy (non-hydrogen) atoms. The number of halogens is 2. The quantitative estimate of drug-likeness (QED) is 0.344. The van der Waals surface area contributed by atoms with Gasteiger partial charge >= 0.3 is 5.91 Å². The van der Waals surface area contributed by atoms with Crippen LogP contribution in [0.25, 0.3) is 5.76 Å². The van der Waals surface area contributed by atoms with E-state index in [1.165, 1.54) is 40.5 Å². The standard InChI is InChI=1S/C22H16ClFN2O3S/c1-11-12(2)30-22(25-11)26-18(13-3-7-15(23)8-4-13)17(20(28)21(26)29)19(27)14-5-9-16(24)10-6-14/h3-10,18,27H,1-2H3/b19-17+. The van der Waals surface area contributed by atoms with Crippen LogP contribution >= 0.6 is 22.9 Å². The topological polar surface area (TPSA) is 70.5 Å². The molecular weight excluding hydrogens is 427 g/mol. The Bertz CT molecular complexity index is 1170. The van der Waals surface area contributed by atoms with Crippen LogP contribution in [0.2, 0.25) is 5.02 Å². The van der Waals surface area contributed by atoms with E-state index in [0.29, 0.717) is 15.7 Å². The number of carbonyl (C=O) groups excluding carboxylic acids is 2. The Morgan fingerprint density at radius 2 is 1.73 bits per heavy atom. The Hall–Kier alpha value is -3.03. The Morgan fingerprint density at radius 1 is 1.10 bits per heavy atom. The number of hydrogen-bond donors (Lipinski definition) is 1. The monoisotopic (exact) mass is 442 g/mol. The second kappa shape index (κ2) is 7.66. The van der Waals surface area contributed by atoms with E-state index < -0.39 is 23.5 Å². The van der Waals surface area contributed by atoms with Gasteiger partial charge in [0.1, 0.15) is 11.6 Å². The Morgan fingerprint density at radius 3 is 2.30 bits per heavy atom. The van der Waals surface area contributed by atoms with Gasteiger partial charge in [-0.2, -0.15) is 0 Å². The van der Waals surface area contributed by atoms with Crippen molar-refractivity contribution < 1.29 is 19.1 Å². The maximum Gasteiger partial charge on any atom is 0.301 e. The molecule has 0 spiro atoms. The van der Waals surface area contributed by atoms with Gasteiger partial charge in [0.25, 0.3) is 5.78 Å². The minimum Gasteiger partial charge on any atom is -0.507 e. The normalized spacial score (nSPS) is 18.3. The third-order valence-electron chi connectivity index (χ3n) is 4.97. The first-order valence-corrected chi connectivity index (χ1v) is 10.2. The molecule has 3 aromatic rings. The number of ketones is 1. The SMILES string of the molecule is Cc1nc(N2C(=O)C(=O)/C(=C(/O)c3ccc(F)cc3)C2c2ccc(Cl)cc2)sc1C. The molecule has 0 radical (unpaired) electrons. The van der Waals surface area contributed by atoms with Gasteiger partial charge in [-0.1, -0.05) is 23.7 Å². The van der Waals surface area contributed by atoms with Crippen LogP contribution in [-0.4, -0.2) is 21.8 Å². The van der Waals surface area contributed by atoms with Crippen molar-refractivity contribution in [3.05, 3.63) is 86.6 Å². The zero-order chi connectivity index (χ0) is 21.6. The number of carbonyl (C=O) groups is 2. The van der Waals surface area contributed by atoms with E-state index in [-0.39, 0.29) is 16.9 Å². The molecule has 1 atom stereocenters. The first-order chi connectivity index (χ1) is 14.3. The van der Waals surface area contributed by atoms with Gasteiger partial charge < -0.3 is 5.11 Å². The highest BCUT2D eigenvalue weighted by atomic mass is 35.5. The van der Waals surface area contributed by atoms with Gasteiger partial charge in [0.15, 0.2) is 5.13 Å². The lowest BCUT2D eigenvalue weighted by Gasteiger charge is -2.23. The predicted molar refractivity (Wildman–Crippen MR) is 114 cm³/mol. The fourth-order valence-corrected chi connectivity index (χ4v) is 4.37. The van der Waals surface area contributed by atoms with Crippen molar-refractivity contribution in [2.24, 2.45) is 0 Å². The summed E-state index contributed by atoms with van der Waals surface area (Å²) in [7, 11) is 0. The van der Waals surface area contributed by atoms with Gasteiger partial charge in [0, 0.05) is 15.5 Å². The number of thiazole rings is 1. The van der Waals surface area contributed by atoms with Crippen molar-refractivity contribution in [1.82, 2.24) is 4.98 Å². The second-order valence-corrected chi connectivity index (χ2v) is 8.48. The predicted octanol–water partition coefficient (Wildman–Crippen LogP) is 5.18.